The van der Waals surface area contributed by atoms with Crippen molar-refractivity contribution < 1.29 is 0 Å². The fourth-order valence-corrected chi connectivity index (χ4v) is 4.06. The Kier molecular flexibility index (Phi) is 4.41. The fraction of sp³-hybridized carbons (Fsp3) is 0.667. The lowest BCUT2D eigenvalue weighted by Crippen LogP contribution is -2.42. The highest BCUT2D eigenvalue weighted by atomic mass is 15.3. The normalized spacial score (nSPS) is 22.7. The summed E-state index contributed by atoms with van der Waals surface area (Å²) in [6, 6.07) is 2.76. The quantitative estimate of drug-likeness (QED) is 0.858. The van der Waals surface area contributed by atoms with Crippen molar-refractivity contribution in [1.82, 2.24) is 29.4 Å². The Labute approximate surface area is 144 Å². The first-order chi connectivity index (χ1) is 11.7. The molecule has 0 bridgehead atoms. The highest BCUT2D eigenvalue weighted by Gasteiger charge is 2.27. The zero-order valence-corrected chi connectivity index (χ0v) is 14.9. The fourth-order valence-electron chi connectivity index (χ4n) is 4.06. The smallest absolute Gasteiger partial charge is 0.0537 e. The summed E-state index contributed by atoms with van der Waals surface area (Å²) in [7, 11) is 2.03. The zero-order valence-electron chi connectivity index (χ0n) is 14.9. The third-order valence-corrected chi connectivity index (χ3v) is 5.74. The number of fused-ring (bicyclic) bond motifs is 1. The molecule has 0 spiro atoms. The van der Waals surface area contributed by atoms with E-state index in [1.165, 1.54) is 55.8 Å². The summed E-state index contributed by atoms with van der Waals surface area (Å²) in [4.78, 5) is 5.28. The number of aryl methyl sites for hydroxylation is 2. The molecule has 2 aliphatic rings. The molecule has 1 fully saturated rings. The van der Waals surface area contributed by atoms with Crippen LogP contribution in [0, 0.1) is 6.92 Å². The number of likely N-dealkylation sites (tertiary alicyclic amines) is 1. The number of rotatable bonds is 4. The molecule has 130 valence electrons. The Hall–Kier alpha value is -1.66. The van der Waals surface area contributed by atoms with Crippen LogP contribution in [0.3, 0.4) is 0 Å². The largest absolute Gasteiger partial charge is 0.302 e. The lowest BCUT2D eigenvalue weighted by molar-refractivity contribution is 0.133. The Morgan fingerprint density at radius 2 is 2.00 bits per heavy atom. The van der Waals surface area contributed by atoms with Crippen molar-refractivity contribution in [2.75, 3.05) is 19.6 Å². The monoisotopic (exact) mass is 328 g/mol. The minimum absolute atomic E-state index is 0.587. The predicted molar refractivity (Wildman–Crippen MR) is 93.5 cm³/mol. The van der Waals surface area contributed by atoms with Gasteiger partial charge in [-0.3, -0.25) is 14.3 Å². The van der Waals surface area contributed by atoms with Crippen molar-refractivity contribution in [3.8, 4) is 0 Å². The molecule has 0 unspecified atom stereocenters. The summed E-state index contributed by atoms with van der Waals surface area (Å²) in [5, 5.41) is 8.94. The van der Waals surface area contributed by atoms with Crippen molar-refractivity contribution in [2.24, 2.45) is 7.05 Å². The first-order valence-electron chi connectivity index (χ1n) is 9.15. The van der Waals surface area contributed by atoms with Crippen LogP contribution in [0.15, 0.2) is 18.5 Å². The molecule has 4 heterocycles. The van der Waals surface area contributed by atoms with Crippen molar-refractivity contribution >= 4 is 0 Å². The highest BCUT2D eigenvalue weighted by Crippen LogP contribution is 2.23. The maximum atomic E-state index is 4.51. The van der Waals surface area contributed by atoms with Gasteiger partial charge in [0.2, 0.25) is 0 Å². The molecule has 0 radical (unpaired) electrons. The molecule has 0 amide bonds. The first kappa shape index (κ1) is 15.8. The lowest BCUT2D eigenvalue weighted by Gasteiger charge is -2.32. The van der Waals surface area contributed by atoms with Crippen LogP contribution in [0.25, 0.3) is 0 Å². The van der Waals surface area contributed by atoms with Gasteiger partial charge in [-0.05, 0) is 45.3 Å². The zero-order chi connectivity index (χ0) is 16.5. The van der Waals surface area contributed by atoms with E-state index in [0.717, 1.165) is 19.6 Å². The molecule has 1 saturated heterocycles. The molecule has 2 aromatic heterocycles. The first-order valence-corrected chi connectivity index (χ1v) is 9.15. The molecular weight excluding hydrogens is 300 g/mol. The van der Waals surface area contributed by atoms with Crippen molar-refractivity contribution in [1.29, 1.82) is 0 Å². The van der Waals surface area contributed by atoms with Crippen LogP contribution in [0.1, 0.15) is 36.2 Å². The molecule has 6 nitrogen and oxygen atoms in total. The average molecular weight is 328 g/mol. The van der Waals surface area contributed by atoms with Gasteiger partial charge in [-0.15, -0.1) is 0 Å². The van der Waals surface area contributed by atoms with Crippen LogP contribution < -0.4 is 0 Å². The second-order valence-electron chi connectivity index (χ2n) is 7.28. The topological polar surface area (TPSA) is 42.1 Å². The Balaban J connectivity index is 1.55. The van der Waals surface area contributed by atoms with E-state index in [2.05, 4.69) is 37.7 Å². The van der Waals surface area contributed by atoms with Gasteiger partial charge in [-0.2, -0.15) is 10.2 Å². The van der Waals surface area contributed by atoms with Gasteiger partial charge in [0.25, 0.3) is 0 Å². The molecule has 4 rings (SSSR count). The summed E-state index contributed by atoms with van der Waals surface area (Å²) in [5.41, 5.74) is 3.95. The van der Waals surface area contributed by atoms with E-state index in [9.17, 15) is 0 Å². The van der Waals surface area contributed by atoms with Gasteiger partial charge >= 0.3 is 0 Å². The van der Waals surface area contributed by atoms with Gasteiger partial charge in [0.05, 0.1) is 11.9 Å². The second-order valence-corrected chi connectivity index (χ2v) is 7.28. The van der Waals surface area contributed by atoms with Gasteiger partial charge in [-0.1, -0.05) is 0 Å². The lowest BCUT2D eigenvalue weighted by atomic mass is 10.1. The summed E-state index contributed by atoms with van der Waals surface area (Å²) in [6.07, 6.45) is 7.85. The molecule has 0 saturated carbocycles. The number of nitrogens with zero attached hydrogens (tertiary/aromatic N) is 6. The van der Waals surface area contributed by atoms with Crippen molar-refractivity contribution in [2.45, 2.75) is 51.9 Å². The molecule has 0 aliphatic carbocycles. The summed E-state index contributed by atoms with van der Waals surface area (Å²) < 4.78 is 4.17. The SMILES string of the molecule is Cc1c(CN2Cc3ccnn3CC[C@@H]2CN2CCCC2)cnn1C. The van der Waals surface area contributed by atoms with E-state index in [1.54, 1.807) is 0 Å². The van der Waals surface area contributed by atoms with Gasteiger partial charge in [0.1, 0.15) is 0 Å². The van der Waals surface area contributed by atoms with E-state index in [-0.39, 0.29) is 0 Å². The predicted octanol–water partition coefficient (Wildman–Crippen LogP) is 1.80. The van der Waals surface area contributed by atoms with Crippen molar-refractivity contribution in [3.05, 3.63) is 35.4 Å². The Morgan fingerprint density at radius 3 is 2.75 bits per heavy atom. The molecule has 2 aliphatic heterocycles. The Morgan fingerprint density at radius 1 is 1.17 bits per heavy atom. The van der Waals surface area contributed by atoms with E-state index in [0.29, 0.717) is 6.04 Å². The average Bonchev–Trinajstić information content (AvgIpc) is 3.28. The van der Waals surface area contributed by atoms with Gasteiger partial charge < -0.3 is 4.90 Å². The molecule has 0 aromatic carbocycles. The number of aromatic nitrogens is 4. The van der Waals surface area contributed by atoms with Crippen LogP contribution in [-0.2, 0) is 26.7 Å². The molecule has 2 aromatic rings. The van der Waals surface area contributed by atoms with Crippen LogP contribution >= 0.6 is 0 Å². The number of hydrogen-bond donors (Lipinski definition) is 0. The number of hydrogen-bond acceptors (Lipinski definition) is 4. The second kappa shape index (κ2) is 6.69. The van der Waals surface area contributed by atoms with Crippen LogP contribution in [0.5, 0.6) is 0 Å². The van der Waals surface area contributed by atoms with E-state index in [1.807, 2.05) is 24.1 Å². The van der Waals surface area contributed by atoms with Gasteiger partial charge in [0, 0.05) is 56.7 Å². The summed E-state index contributed by atoms with van der Waals surface area (Å²) in [6.45, 7) is 8.87. The maximum absolute atomic E-state index is 4.51. The van der Waals surface area contributed by atoms with Gasteiger partial charge in [0.15, 0.2) is 0 Å². The minimum Gasteiger partial charge on any atom is -0.302 e. The molecular formula is C18H28N6. The third-order valence-electron chi connectivity index (χ3n) is 5.74. The highest BCUT2D eigenvalue weighted by molar-refractivity contribution is 5.16. The molecule has 24 heavy (non-hydrogen) atoms. The molecule has 0 N–H and O–H groups in total. The summed E-state index contributed by atoms with van der Waals surface area (Å²) in [5.74, 6) is 0. The van der Waals surface area contributed by atoms with E-state index in [4.69, 9.17) is 0 Å². The van der Waals surface area contributed by atoms with Gasteiger partial charge in [-0.25, -0.2) is 0 Å². The van der Waals surface area contributed by atoms with E-state index >= 15 is 0 Å². The summed E-state index contributed by atoms with van der Waals surface area (Å²) >= 11 is 0. The minimum atomic E-state index is 0.587. The van der Waals surface area contributed by atoms with E-state index < -0.39 is 0 Å². The third kappa shape index (κ3) is 3.13. The van der Waals surface area contributed by atoms with Crippen molar-refractivity contribution in [3.63, 3.8) is 0 Å². The standard InChI is InChI=1S/C18H28N6/c1-15-16(11-20-21(15)2)12-23-14-18-5-7-19-24(18)10-6-17(23)13-22-8-3-4-9-22/h5,7,11,17H,3-4,6,8-10,12-14H2,1-2H3/t17-/m1/s1. The van der Waals surface area contributed by atoms with Crippen LogP contribution in [-0.4, -0.2) is 55.0 Å². The van der Waals surface area contributed by atoms with Crippen LogP contribution in [0.4, 0.5) is 0 Å². The molecule has 6 heteroatoms. The molecule has 1 atom stereocenters. The Bertz CT molecular complexity index is 681. The maximum Gasteiger partial charge on any atom is 0.0537 e. The van der Waals surface area contributed by atoms with Crippen LogP contribution in [0.2, 0.25) is 0 Å².